The van der Waals surface area contributed by atoms with Crippen molar-refractivity contribution in [1.29, 1.82) is 0 Å². The fourth-order valence-electron chi connectivity index (χ4n) is 3.42. The lowest BCUT2D eigenvalue weighted by molar-refractivity contribution is 0.0134. The Morgan fingerprint density at radius 2 is 1.88 bits per heavy atom. The molecule has 0 fully saturated rings. The Labute approximate surface area is 146 Å². The van der Waals surface area contributed by atoms with E-state index in [0.29, 0.717) is 17.9 Å². The van der Waals surface area contributed by atoms with Crippen molar-refractivity contribution < 1.29 is 19.4 Å². The lowest BCUT2D eigenvalue weighted by atomic mass is 9.90. The second-order valence-electron chi connectivity index (χ2n) is 6.16. The Kier molecular flexibility index (Phi) is 3.93. The first-order chi connectivity index (χ1) is 12.2. The van der Waals surface area contributed by atoms with Gasteiger partial charge in [-0.3, -0.25) is 4.90 Å². The molecule has 2 aliphatic heterocycles. The number of amides is 1. The van der Waals surface area contributed by atoms with E-state index in [4.69, 9.17) is 9.47 Å². The number of hydrogen-bond donors (Lipinski definition) is 1. The monoisotopic (exact) mass is 337 g/mol. The van der Waals surface area contributed by atoms with E-state index in [0.717, 1.165) is 11.1 Å². The number of benzene rings is 2. The maximum Gasteiger partial charge on any atom is 0.419 e. The van der Waals surface area contributed by atoms with E-state index >= 15 is 0 Å². The van der Waals surface area contributed by atoms with Crippen molar-refractivity contribution in [1.82, 2.24) is 4.90 Å². The largest absolute Gasteiger partial charge is 0.484 e. The SMILES string of the molecule is CCC1=CN(C(=O)Oc2ccccc2)C2c3ccccc3OC2C1O. The van der Waals surface area contributed by atoms with Gasteiger partial charge in [0, 0.05) is 11.8 Å². The number of rotatable bonds is 2. The van der Waals surface area contributed by atoms with Crippen LogP contribution in [0.2, 0.25) is 0 Å². The van der Waals surface area contributed by atoms with Gasteiger partial charge in [-0.2, -0.15) is 0 Å². The lowest BCUT2D eigenvalue weighted by Crippen LogP contribution is -2.48. The number of carbonyl (C=O) groups excluding carboxylic acids is 1. The molecule has 0 aliphatic carbocycles. The van der Waals surface area contributed by atoms with Gasteiger partial charge < -0.3 is 14.6 Å². The normalized spacial score (nSPS) is 24.0. The van der Waals surface area contributed by atoms with Crippen molar-refractivity contribution in [2.45, 2.75) is 31.6 Å². The number of para-hydroxylation sites is 2. The van der Waals surface area contributed by atoms with Gasteiger partial charge >= 0.3 is 6.09 Å². The predicted molar refractivity (Wildman–Crippen MR) is 92.3 cm³/mol. The number of nitrogens with zero attached hydrogens (tertiary/aromatic N) is 1. The second-order valence-corrected chi connectivity index (χ2v) is 6.16. The van der Waals surface area contributed by atoms with E-state index < -0.39 is 24.3 Å². The Morgan fingerprint density at radius 1 is 1.16 bits per heavy atom. The molecule has 0 saturated heterocycles. The minimum atomic E-state index is -0.747. The van der Waals surface area contributed by atoms with Crippen LogP contribution in [0.4, 0.5) is 4.79 Å². The molecule has 2 aromatic rings. The molecule has 25 heavy (non-hydrogen) atoms. The van der Waals surface area contributed by atoms with Gasteiger partial charge in [-0.15, -0.1) is 0 Å². The molecule has 1 N–H and O–H groups in total. The molecule has 4 rings (SSSR count). The van der Waals surface area contributed by atoms with Gasteiger partial charge in [0.1, 0.15) is 23.6 Å². The van der Waals surface area contributed by atoms with Gasteiger partial charge in [-0.25, -0.2) is 4.79 Å². The van der Waals surface area contributed by atoms with Crippen molar-refractivity contribution in [3.63, 3.8) is 0 Å². The molecule has 5 heteroatoms. The van der Waals surface area contributed by atoms with E-state index in [-0.39, 0.29) is 0 Å². The Bertz CT molecular complexity index is 817. The van der Waals surface area contributed by atoms with Crippen molar-refractivity contribution in [3.05, 3.63) is 71.9 Å². The third kappa shape index (κ3) is 2.66. The molecule has 128 valence electrons. The maximum absolute atomic E-state index is 12.8. The number of fused-ring (bicyclic) bond motifs is 3. The van der Waals surface area contributed by atoms with Crippen LogP contribution in [-0.4, -0.2) is 28.3 Å². The molecule has 2 heterocycles. The summed E-state index contributed by atoms with van der Waals surface area (Å²) >= 11 is 0. The van der Waals surface area contributed by atoms with Gasteiger partial charge in [0.15, 0.2) is 6.10 Å². The Balaban J connectivity index is 1.71. The van der Waals surface area contributed by atoms with Crippen molar-refractivity contribution in [3.8, 4) is 11.5 Å². The summed E-state index contributed by atoms with van der Waals surface area (Å²) in [5.41, 5.74) is 1.63. The van der Waals surface area contributed by atoms with Crippen LogP contribution in [0.1, 0.15) is 24.9 Å². The molecule has 0 saturated carbocycles. The molecule has 2 aromatic carbocycles. The third-order valence-corrected chi connectivity index (χ3v) is 4.68. The number of hydrogen-bond acceptors (Lipinski definition) is 4. The average molecular weight is 337 g/mol. The van der Waals surface area contributed by atoms with E-state index in [1.807, 2.05) is 49.4 Å². The van der Waals surface area contributed by atoms with E-state index in [9.17, 15) is 9.90 Å². The summed E-state index contributed by atoms with van der Waals surface area (Å²) in [6.07, 6.45) is 0.560. The van der Waals surface area contributed by atoms with Gasteiger partial charge in [0.25, 0.3) is 0 Å². The first kappa shape index (κ1) is 15.7. The van der Waals surface area contributed by atoms with Crippen LogP contribution in [-0.2, 0) is 0 Å². The summed E-state index contributed by atoms with van der Waals surface area (Å²) in [6, 6.07) is 16.1. The molecule has 2 aliphatic rings. The highest BCUT2D eigenvalue weighted by Crippen LogP contribution is 2.45. The number of carbonyl (C=O) groups is 1. The van der Waals surface area contributed by atoms with Gasteiger partial charge in [0.05, 0.1) is 0 Å². The van der Waals surface area contributed by atoms with Crippen molar-refractivity contribution in [2.75, 3.05) is 0 Å². The molecule has 0 radical (unpaired) electrons. The van der Waals surface area contributed by atoms with E-state index in [1.54, 1.807) is 18.3 Å². The highest BCUT2D eigenvalue weighted by molar-refractivity contribution is 5.74. The van der Waals surface area contributed by atoms with Crippen LogP contribution in [0.5, 0.6) is 11.5 Å². The van der Waals surface area contributed by atoms with E-state index in [2.05, 4.69) is 0 Å². The predicted octanol–water partition coefficient (Wildman–Crippen LogP) is 3.66. The Hall–Kier alpha value is -2.79. The van der Waals surface area contributed by atoms with Gasteiger partial charge in [-0.05, 0) is 30.2 Å². The fraction of sp³-hybridized carbons (Fsp3) is 0.250. The lowest BCUT2D eigenvalue weighted by Gasteiger charge is -2.37. The molecular weight excluding hydrogens is 318 g/mol. The minimum absolute atomic E-state index is 0.405. The van der Waals surface area contributed by atoms with Crippen molar-refractivity contribution >= 4 is 6.09 Å². The Morgan fingerprint density at radius 3 is 2.64 bits per heavy atom. The van der Waals surface area contributed by atoms with Crippen LogP contribution >= 0.6 is 0 Å². The summed E-state index contributed by atoms with van der Waals surface area (Å²) in [4.78, 5) is 14.3. The summed E-state index contributed by atoms with van der Waals surface area (Å²) < 4.78 is 11.5. The van der Waals surface area contributed by atoms with Gasteiger partial charge in [-0.1, -0.05) is 43.3 Å². The summed E-state index contributed by atoms with van der Waals surface area (Å²) in [5, 5.41) is 10.6. The highest BCUT2D eigenvalue weighted by atomic mass is 16.6. The first-order valence-corrected chi connectivity index (χ1v) is 8.38. The molecule has 1 amide bonds. The molecule has 3 atom stereocenters. The standard InChI is InChI=1S/C20H19NO4/c1-2-13-12-21(20(23)24-14-8-4-3-5-9-14)17-15-10-6-7-11-16(15)25-19(17)18(13)22/h3-12,17-19,22H,2H2,1H3. The van der Waals surface area contributed by atoms with E-state index in [1.165, 1.54) is 4.90 Å². The zero-order chi connectivity index (χ0) is 17.4. The van der Waals surface area contributed by atoms with Crippen LogP contribution < -0.4 is 9.47 Å². The molecular formula is C20H19NO4. The van der Waals surface area contributed by atoms with Crippen LogP contribution in [0.15, 0.2) is 66.4 Å². The maximum atomic E-state index is 12.8. The molecule has 0 bridgehead atoms. The minimum Gasteiger partial charge on any atom is -0.484 e. The highest BCUT2D eigenvalue weighted by Gasteiger charge is 2.48. The molecule has 0 spiro atoms. The van der Waals surface area contributed by atoms with Gasteiger partial charge in [0.2, 0.25) is 0 Å². The molecule has 5 nitrogen and oxygen atoms in total. The topological polar surface area (TPSA) is 59.0 Å². The van der Waals surface area contributed by atoms with Crippen molar-refractivity contribution in [2.24, 2.45) is 0 Å². The average Bonchev–Trinajstić information content (AvgIpc) is 3.03. The zero-order valence-corrected chi connectivity index (χ0v) is 13.8. The summed E-state index contributed by atoms with van der Waals surface area (Å²) in [6.45, 7) is 1.94. The quantitative estimate of drug-likeness (QED) is 0.908. The zero-order valence-electron chi connectivity index (χ0n) is 13.8. The summed E-state index contributed by atoms with van der Waals surface area (Å²) in [5.74, 6) is 1.17. The summed E-state index contributed by atoms with van der Waals surface area (Å²) in [7, 11) is 0. The molecule has 0 aromatic heterocycles. The second kappa shape index (κ2) is 6.26. The smallest absolute Gasteiger partial charge is 0.419 e. The van der Waals surface area contributed by atoms with Crippen LogP contribution in [0, 0.1) is 0 Å². The van der Waals surface area contributed by atoms with Crippen LogP contribution in [0.3, 0.4) is 0 Å². The third-order valence-electron chi connectivity index (χ3n) is 4.68. The molecule has 3 unspecified atom stereocenters. The first-order valence-electron chi connectivity index (χ1n) is 8.38. The van der Waals surface area contributed by atoms with Crippen LogP contribution in [0.25, 0.3) is 0 Å². The number of ether oxygens (including phenoxy) is 2. The number of aliphatic hydroxyl groups excluding tert-OH is 1. The fourth-order valence-corrected chi connectivity index (χ4v) is 3.42. The number of aliphatic hydroxyl groups is 1.